The van der Waals surface area contributed by atoms with Crippen LogP contribution in [0.25, 0.3) is 0 Å². The minimum atomic E-state index is -0.347. The maximum absolute atomic E-state index is 9.24. The van der Waals surface area contributed by atoms with E-state index in [1.54, 1.807) is 6.82 Å². The first-order valence-electron chi connectivity index (χ1n) is 4.51. The van der Waals surface area contributed by atoms with Crippen molar-refractivity contribution in [3.63, 3.8) is 0 Å². The molecule has 0 fully saturated rings. The van der Waals surface area contributed by atoms with Gasteiger partial charge in [-0.15, -0.1) is 0 Å². The van der Waals surface area contributed by atoms with Crippen LogP contribution >= 0.6 is 0 Å². The Balaban J connectivity index is 2.71. The molecule has 1 aromatic carbocycles. The lowest BCUT2D eigenvalue weighted by atomic mass is 9.64. The van der Waals surface area contributed by atoms with Crippen molar-refractivity contribution in [2.24, 2.45) is 0 Å². The molecule has 0 radical (unpaired) electrons. The molecule has 0 saturated heterocycles. The average Bonchev–Trinajstić information content (AvgIpc) is 2.06. The van der Waals surface area contributed by atoms with Gasteiger partial charge in [-0.05, 0) is 17.4 Å². The molecular weight excluding hydrogens is 147 g/mol. The largest absolute Gasteiger partial charge is 0.447 e. The highest BCUT2D eigenvalue weighted by Crippen LogP contribution is 2.00. The van der Waals surface area contributed by atoms with Gasteiger partial charge >= 0.3 is 6.92 Å². The lowest BCUT2D eigenvalue weighted by Crippen LogP contribution is -2.25. The van der Waals surface area contributed by atoms with Gasteiger partial charge in [-0.3, -0.25) is 0 Å². The molecule has 0 aliphatic heterocycles. The summed E-state index contributed by atoms with van der Waals surface area (Å²) in [6.07, 6.45) is 2.30. The maximum Gasteiger partial charge on any atom is 0.320 e. The van der Waals surface area contributed by atoms with Crippen molar-refractivity contribution in [2.75, 3.05) is 0 Å². The fourth-order valence-corrected chi connectivity index (χ4v) is 1.25. The summed E-state index contributed by atoms with van der Waals surface area (Å²) in [5.41, 5.74) is 2.34. The van der Waals surface area contributed by atoms with Crippen LogP contribution in [-0.2, 0) is 6.42 Å². The topological polar surface area (TPSA) is 20.2 Å². The van der Waals surface area contributed by atoms with Gasteiger partial charge in [0.15, 0.2) is 0 Å². The summed E-state index contributed by atoms with van der Waals surface area (Å²) in [6.45, 7) is 3.61. The van der Waals surface area contributed by atoms with Gasteiger partial charge in [-0.25, -0.2) is 0 Å². The Morgan fingerprint density at radius 1 is 1.25 bits per heavy atom. The van der Waals surface area contributed by atoms with Crippen LogP contribution in [0.3, 0.4) is 0 Å². The second kappa shape index (κ2) is 4.32. The van der Waals surface area contributed by atoms with Crippen molar-refractivity contribution < 1.29 is 5.02 Å². The Morgan fingerprint density at radius 2 is 1.83 bits per heavy atom. The highest BCUT2D eigenvalue weighted by molar-refractivity contribution is 6.64. The predicted octanol–water partition coefficient (Wildman–Crippen LogP) is 1.46. The van der Waals surface area contributed by atoms with Gasteiger partial charge in [-0.2, -0.15) is 0 Å². The van der Waals surface area contributed by atoms with E-state index in [0.29, 0.717) is 0 Å². The molecule has 0 aliphatic rings. The minimum Gasteiger partial charge on any atom is -0.447 e. The second-order valence-corrected chi connectivity index (χ2v) is 3.17. The summed E-state index contributed by atoms with van der Waals surface area (Å²) in [6, 6.07) is 8.17. The summed E-state index contributed by atoms with van der Waals surface area (Å²) in [5, 5.41) is 9.24. The van der Waals surface area contributed by atoms with Crippen LogP contribution in [0.2, 0.25) is 6.82 Å². The van der Waals surface area contributed by atoms with Gasteiger partial charge in [0, 0.05) is 0 Å². The SMILES string of the molecule is CCCc1ccc(B(C)O)cc1. The highest BCUT2D eigenvalue weighted by Gasteiger charge is 2.04. The smallest absolute Gasteiger partial charge is 0.320 e. The van der Waals surface area contributed by atoms with Gasteiger partial charge in [-0.1, -0.05) is 44.4 Å². The van der Waals surface area contributed by atoms with E-state index in [4.69, 9.17) is 0 Å². The monoisotopic (exact) mass is 162 g/mol. The standard InChI is InChI=1S/C10H15BO/c1-3-4-9-5-7-10(8-6-9)11(2)12/h5-8,12H,3-4H2,1-2H3. The van der Waals surface area contributed by atoms with Crippen molar-refractivity contribution >= 4 is 12.4 Å². The normalized spacial score (nSPS) is 9.92. The molecule has 0 unspecified atom stereocenters. The lowest BCUT2D eigenvalue weighted by Gasteiger charge is -2.02. The molecule has 0 atom stereocenters. The molecule has 1 rings (SSSR count). The van der Waals surface area contributed by atoms with E-state index >= 15 is 0 Å². The first-order chi connectivity index (χ1) is 5.74. The lowest BCUT2D eigenvalue weighted by molar-refractivity contribution is 0.594. The van der Waals surface area contributed by atoms with Gasteiger partial charge in [0.1, 0.15) is 0 Å². The number of hydrogen-bond acceptors (Lipinski definition) is 1. The first kappa shape index (κ1) is 9.33. The quantitative estimate of drug-likeness (QED) is 0.667. The van der Waals surface area contributed by atoms with Gasteiger partial charge in [0.25, 0.3) is 0 Å². The first-order valence-corrected chi connectivity index (χ1v) is 4.51. The minimum absolute atomic E-state index is 0.347. The summed E-state index contributed by atoms with van der Waals surface area (Å²) in [5.74, 6) is 0. The molecule has 0 bridgehead atoms. The zero-order chi connectivity index (χ0) is 8.97. The van der Waals surface area contributed by atoms with Crippen molar-refractivity contribution in [3.8, 4) is 0 Å². The molecule has 0 spiro atoms. The zero-order valence-corrected chi connectivity index (χ0v) is 7.75. The van der Waals surface area contributed by atoms with Gasteiger partial charge < -0.3 is 5.02 Å². The summed E-state index contributed by atoms with van der Waals surface area (Å²) < 4.78 is 0. The van der Waals surface area contributed by atoms with E-state index < -0.39 is 0 Å². The Kier molecular flexibility index (Phi) is 3.36. The molecule has 1 aromatic rings. The fourth-order valence-electron chi connectivity index (χ4n) is 1.25. The molecular formula is C10H15BO. The molecule has 0 aromatic heterocycles. The number of rotatable bonds is 3. The van der Waals surface area contributed by atoms with Crippen LogP contribution in [0.5, 0.6) is 0 Å². The zero-order valence-electron chi connectivity index (χ0n) is 7.75. The van der Waals surface area contributed by atoms with E-state index in [-0.39, 0.29) is 6.92 Å². The van der Waals surface area contributed by atoms with Crippen LogP contribution in [0.4, 0.5) is 0 Å². The fraction of sp³-hybridized carbons (Fsp3) is 0.400. The predicted molar refractivity (Wildman–Crippen MR) is 53.9 cm³/mol. The van der Waals surface area contributed by atoms with Crippen molar-refractivity contribution in [2.45, 2.75) is 26.6 Å². The summed E-state index contributed by atoms with van der Waals surface area (Å²) in [7, 11) is 0. The van der Waals surface area contributed by atoms with Crippen LogP contribution in [-0.4, -0.2) is 11.9 Å². The Hall–Kier alpha value is -0.755. The molecule has 0 heterocycles. The van der Waals surface area contributed by atoms with Crippen LogP contribution in [0, 0.1) is 0 Å². The maximum atomic E-state index is 9.24. The molecule has 0 aliphatic carbocycles. The van der Waals surface area contributed by atoms with Crippen molar-refractivity contribution in [1.29, 1.82) is 0 Å². The summed E-state index contributed by atoms with van der Waals surface area (Å²) >= 11 is 0. The third-order valence-electron chi connectivity index (χ3n) is 2.00. The van der Waals surface area contributed by atoms with E-state index in [0.717, 1.165) is 11.9 Å². The molecule has 0 saturated carbocycles. The van der Waals surface area contributed by atoms with Crippen LogP contribution in [0.15, 0.2) is 24.3 Å². The Bertz CT molecular complexity index is 228. The number of aryl methyl sites for hydroxylation is 1. The molecule has 1 nitrogen and oxygen atoms in total. The molecule has 2 heteroatoms. The van der Waals surface area contributed by atoms with Gasteiger partial charge in [0.05, 0.1) is 0 Å². The van der Waals surface area contributed by atoms with E-state index in [2.05, 4.69) is 19.1 Å². The summed E-state index contributed by atoms with van der Waals surface area (Å²) in [4.78, 5) is 0. The Morgan fingerprint density at radius 3 is 2.25 bits per heavy atom. The molecule has 12 heavy (non-hydrogen) atoms. The van der Waals surface area contributed by atoms with E-state index in [1.807, 2.05) is 12.1 Å². The number of benzene rings is 1. The van der Waals surface area contributed by atoms with Gasteiger partial charge in [0.2, 0.25) is 0 Å². The van der Waals surface area contributed by atoms with Crippen molar-refractivity contribution in [3.05, 3.63) is 29.8 Å². The molecule has 0 amide bonds. The number of hydrogen-bond donors (Lipinski definition) is 1. The van der Waals surface area contributed by atoms with E-state index in [1.165, 1.54) is 12.0 Å². The Labute approximate surface area is 74.5 Å². The average molecular weight is 162 g/mol. The second-order valence-electron chi connectivity index (χ2n) is 3.17. The third-order valence-corrected chi connectivity index (χ3v) is 2.00. The highest BCUT2D eigenvalue weighted by atomic mass is 16.2. The van der Waals surface area contributed by atoms with Crippen LogP contribution in [0.1, 0.15) is 18.9 Å². The third kappa shape index (κ3) is 2.38. The van der Waals surface area contributed by atoms with E-state index in [9.17, 15) is 5.02 Å². The van der Waals surface area contributed by atoms with Crippen molar-refractivity contribution in [1.82, 2.24) is 0 Å². The molecule has 1 N–H and O–H groups in total. The molecule has 64 valence electrons. The van der Waals surface area contributed by atoms with Crippen LogP contribution < -0.4 is 5.46 Å².